The summed E-state index contributed by atoms with van der Waals surface area (Å²) in [6.45, 7) is 0.586. The van der Waals surface area contributed by atoms with Crippen LogP contribution in [0.1, 0.15) is 11.1 Å². The number of phenolic OH excluding ortho intramolecular Hbond substituents is 1. The van der Waals surface area contributed by atoms with Gasteiger partial charge < -0.3 is 30.3 Å². The van der Waals surface area contributed by atoms with Crippen LogP contribution >= 0.6 is 53.4 Å². The molecule has 0 saturated carbocycles. The summed E-state index contributed by atoms with van der Waals surface area (Å²) >= 11 is 6.29. The van der Waals surface area contributed by atoms with Gasteiger partial charge in [-0.05, 0) is 67.3 Å². The van der Waals surface area contributed by atoms with E-state index >= 15 is 0 Å². The molecule has 18 heteroatoms. The van der Waals surface area contributed by atoms with Crippen molar-refractivity contribution in [3.05, 3.63) is 56.5 Å². The molecule has 2 aromatic rings. The summed E-state index contributed by atoms with van der Waals surface area (Å²) < 4.78 is 35.5. The number of carbonyl (C=O) groups is 2. The molecule has 0 aliphatic rings. The Kier molecular flexibility index (Phi) is 14.1. The minimum absolute atomic E-state index is 0.0554. The summed E-state index contributed by atoms with van der Waals surface area (Å²) in [5, 5.41) is 39.4. The van der Waals surface area contributed by atoms with Gasteiger partial charge in [0.1, 0.15) is 17.2 Å². The van der Waals surface area contributed by atoms with E-state index in [4.69, 9.17) is 4.55 Å². The van der Waals surface area contributed by atoms with E-state index < -0.39 is 22.2 Å². The zero-order chi connectivity index (χ0) is 29.7. The van der Waals surface area contributed by atoms with Crippen LogP contribution in [-0.2, 0) is 32.8 Å². The number of hydrogen-bond donors (Lipinski definition) is 6. The summed E-state index contributed by atoms with van der Waals surface area (Å²) in [4.78, 5) is 24.6. The molecule has 0 atom stereocenters. The molecule has 0 radical (unpaired) electrons. The minimum Gasteiger partial charge on any atom is -0.507 e. The number of carbonyl (C=O) groups excluding carboxylic acids is 2. The Hall–Kier alpha value is -2.51. The third-order valence-electron chi connectivity index (χ3n) is 4.74. The van der Waals surface area contributed by atoms with Gasteiger partial charge in [-0.15, -0.1) is 0 Å². The van der Waals surface area contributed by atoms with Crippen LogP contribution in [0.15, 0.2) is 55.7 Å². The second-order valence-corrected chi connectivity index (χ2v) is 13.1. The van der Waals surface area contributed by atoms with Gasteiger partial charge in [0.25, 0.3) is 11.8 Å². The first-order valence-corrected chi connectivity index (χ1v) is 16.5. The number of rotatable bonds is 15. The van der Waals surface area contributed by atoms with E-state index in [1.807, 2.05) is 0 Å². The maximum Gasteiger partial charge on any atom is 0.446 e. The molecule has 0 saturated heterocycles. The highest BCUT2D eigenvalue weighted by atomic mass is 79.9. The highest BCUT2D eigenvalue weighted by molar-refractivity contribution is 9.11. The van der Waals surface area contributed by atoms with Crippen molar-refractivity contribution in [3.63, 3.8) is 0 Å². The summed E-state index contributed by atoms with van der Waals surface area (Å²) in [6, 6.07) is 8.86. The van der Waals surface area contributed by atoms with E-state index in [2.05, 4.69) is 57.0 Å². The zero-order valence-electron chi connectivity index (χ0n) is 20.4. The van der Waals surface area contributed by atoms with Crippen LogP contribution in [0.2, 0.25) is 0 Å². The van der Waals surface area contributed by atoms with Gasteiger partial charge in [-0.3, -0.25) is 14.1 Å². The van der Waals surface area contributed by atoms with Gasteiger partial charge in [-0.2, -0.15) is 8.42 Å². The molecule has 2 rings (SSSR count). The van der Waals surface area contributed by atoms with Gasteiger partial charge in [-0.1, -0.05) is 44.0 Å². The Morgan fingerprint density at radius 2 is 1.32 bits per heavy atom. The number of oxime groups is 2. The molecule has 2 amide bonds. The number of phenols is 1. The SMILES string of the molecule is O=C(NCCSSCCNC(=O)/C(Cc1ccc(O)c(Br)c1)=N/O)/C(Cc1ccc(OS(=O)(=O)O)c(Br)c1)=N\O. The van der Waals surface area contributed by atoms with E-state index in [-0.39, 0.29) is 46.8 Å². The molecule has 0 bridgehead atoms. The van der Waals surface area contributed by atoms with E-state index in [0.29, 0.717) is 33.7 Å². The molecule has 0 spiro atoms. The van der Waals surface area contributed by atoms with Crippen LogP contribution in [0.3, 0.4) is 0 Å². The van der Waals surface area contributed by atoms with Gasteiger partial charge in [-0.25, -0.2) is 0 Å². The number of nitrogens with one attached hydrogen (secondary N) is 2. The Morgan fingerprint density at radius 1 is 0.850 bits per heavy atom. The predicted molar refractivity (Wildman–Crippen MR) is 159 cm³/mol. The lowest BCUT2D eigenvalue weighted by Crippen LogP contribution is -2.34. The first-order valence-electron chi connectivity index (χ1n) is 11.1. The lowest BCUT2D eigenvalue weighted by Gasteiger charge is -2.09. The number of aromatic hydroxyl groups is 1. The number of benzene rings is 2. The lowest BCUT2D eigenvalue weighted by molar-refractivity contribution is -0.115. The molecule has 218 valence electrons. The second-order valence-electron chi connectivity index (χ2n) is 7.66. The van der Waals surface area contributed by atoms with Crippen LogP contribution in [0.5, 0.6) is 11.5 Å². The Bertz CT molecular complexity index is 1380. The standard InChI is InChI=1S/C22H24Br2N4O9S3/c23-15-9-13(1-3-19(15)29)11-17(27-32)21(30)25-5-7-38-39-8-6-26-22(31)18(28-33)12-14-2-4-20(16(24)10-14)37-40(34,35)36/h1-4,9-10,29,32-33H,5-8,11-12H2,(H,25,30)(H,26,31)(H,34,35,36)/b27-17+,28-18-. The average molecular weight is 744 g/mol. The topological polar surface area (TPSA) is 207 Å². The first-order chi connectivity index (χ1) is 18.9. The van der Waals surface area contributed by atoms with Crippen molar-refractivity contribution in [2.45, 2.75) is 12.8 Å². The van der Waals surface area contributed by atoms with Gasteiger partial charge in [0.15, 0.2) is 5.75 Å². The third-order valence-corrected chi connectivity index (χ3v) is 8.79. The molecule has 0 aliphatic heterocycles. The highest BCUT2D eigenvalue weighted by Crippen LogP contribution is 2.27. The third kappa shape index (κ3) is 11.9. The molecule has 0 fully saturated rings. The maximum absolute atomic E-state index is 12.3. The van der Waals surface area contributed by atoms with Crippen LogP contribution in [0.4, 0.5) is 0 Å². The molecule has 40 heavy (non-hydrogen) atoms. The van der Waals surface area contributed by atoms with E-state index in [0.717, 1.165) is 0 Å². The minimum atomic E-state index is -4.70. The predicted octanol–water partition coefficient (Wildman–Crippen LogP) is 3.16. The van der Waals surface area contributed by atoms with Crippen molar-refractivity contribution in [1.82, 2.24) is 10.6 Å². The molecule has 0 aromatic heterocycles. The molecule has 2 aromatic carbocycles. The fourth-order valence-electron chi connectivity index (χ4n) is 2.94. The van der Waals surface area contributed by atoms with Crippen LogP contribution in [0, 0.1) is 0 Å². The molecular formula is C22H24Br2N4O9S3. The summed E-state index contributed by atoms with van der Waals surface area (Å²) in [5.74, 6) is -0.144. The number of amides is 2. The van der Waals surface area contributed by atoms with Gasteiger partial charge in [0, 0.05) is 37.4 Å². The van der Waals surface area contributed by atoms with Crippen molar-refractivity contribution >= 4 is 87.1 Å². The van der Waals surface area contributed by atoms with Crippen molar-refractivity contribution in [2.24, 2.45) is 10.3 Å². The molecule has 0 heterocycles. The summed E-state index contributed by atoms with van der Waals surface area (Å²) in [7, 11) is -1.80. The fraction of sp³-hybridized carbons (Fsp3) is 0.273. The first kappa shape index (κ1) is 33.7. The Labute approximate surface area is 254 Å². The van der Waals surface area contributed by atoms with Gasteiger partial charge >= 0.3 is 10.4 Å². The maximum atomic E-state index is 12.3. The monoisotopic (exact) mass is 742 g/mol. The van der Waals surface area contributed by atoms with Crippen molar-refractivity contribution in [3.8, 4) is 11.5 Å². The van der Waals surface area contributed by atoms with Gasteiger partial charge in [0.2, 0.25) is 0 Å². The van der Waals surface area contributed by atoms with Crippen LogP contribution in [0.25, 0.3) is 0 Å². The van der Waals surface area contributed by atoms with E-state index in [1.165, 1.54) is 45.9 Å². The van der Waals surface area contributed by atoms with Crippen LogP contribution in [-0.4, -0.2) is 76.3 Å². The Morgan fingerprint density at radius 3 is 1.75 bits per heavy atom. The number of halogens is 2. The lowest BCUT2D eigenvalue weighted by atomic mass is 10.1. The summed E-state index contributed by atoms with van der Waals surface area (Å²) in [5.41, 5.74) is 0.936. The average Bonchev–Trinajstić information content (AvgIpc) is 2.89. The van der Waals surface area contributed by atoms with E-state index in [1.54, 1.807) is 12.1 Å². The van der Waals surface area contributed by atoms with Crippen molar-refractivity contribution in [1.29, 1.82) is 0 Å². The van der Waals surface area contributed by atoms with E-state index in [9.17, 15) is 33.5 Å². The molecule has 0 unspecified atom stereocenters. The number of nitrogens with zero attached hydrogens (tertiary/aromatic N) is 2. The Balaban J connectivity index is 1.66. The largest absolute Gasteiger partial charge is 0.507 e. The second kappa shape index (κ2) is 16.7. The fourth-order valence-corrected chi connectivity index (χ4v) is 6.17. The molecular weight excluding hydrogens is 720 g/mol. The molecule has 13 nitrogen and oxygen atoms in total. The van der Waals surface area contributed by atoms with Crippen LogP contribution < -0.4 is 14.8 Å². The van der Waals surface area contributed by atoms with Crippen molar-refractivity contribution < 1.29 is 42.3 Å². The smallest absolute Gasteiger partial charge is 0.446 e. The quantitative estimate of drug-likeness (QED) is 0.0390. The van der Waals surface area contributed by atoms with Crippen molar-refractivity contribution in [2.75, 3.05) is 24.6 Å². The normalized spacial score (nSPS) is 12.2. The summed E-state index contributed by atoms with van der Waals surface area (Å²) in [6.07, 6.45) is 0.0187. The highest BCUT2D eigenvalue weighted by Gasteiger charge is 2.16. The number of hydrogen-bond acceptors (Lipinski definition) is 12. The molecule has 6 N–H and O–H groups in total. The van der Waals surface area contributed by atoms with Gasteiger partial charge in [0.05, 0.1) is 8.95 Å². The molecule has 0 aliphatic carbocycles. The zero-order valence-corrected chi connectivity index (χ0v) is 26.0.